The molecule has 0 bridgehead atoms. The Balaban J connectivity index is 2.60. The van der Waals surface area contributed by atoms with E-state index in [-0.39, 0.29) is 19.4 Å². The lowest BCUT2D eigenvalue weighted by Crippen LogP contribution is -2.42. The lowest BCUT2D eigenvalue weighted by Gasteiger charge is -2.13. The third kappa shape index (κ3) is 4.97. The molecule has 1 aromatic rings. The third-order valence-electron chi connectivity index (χ3n) is 2.55. The van der Waals surface area contributed by atoms with Crippen LogP contribution in [0.1, 0.15) is 12.0 Å². The number of ether oxygens (including phenoxy) is 1. The molecule has 0 radical (unpaired) electrons. The summed E-state index contributed by atoms with van der Waals surface area (Å²) in [6.07, 6.45) is 0.0472. The maximum absolute atomic E-state index is 11.7. The van der Waals surface area contributed by atoms with Crippen LogP contribution in [-0.4, -0.2) is 41.8 Å². The van der Waals surface area contributed by atoms with Crippen LogP contribution in [0.25, 0.3) is 0 Å². The Kier molecular flexibility index (Phi) is 5.81. The number of aliphatic hydroxyl groups is 1. The largest absolute Gasteiger partial charge is 0.497 e. The van der Waals surface area contributed by atoms with Crippen LogP contribution in [-0.2, 0) is 16.0 Å². The number of nitrogens with one attached hydrogen (secondary N) is 1. The SMILES string of the molecule is COc1cccc(CC(=O)NC(CCO)C(=O)O)c1. The van der Waals surface area contributed by atoms with Crippen LogP contribution < -0.4 is 10.1 Å². The first kappa shape index (κ1) is 15.0. The van der Waals surface area contributed by atoms with Crippen LogP contribution in [0.3, 0.4) is 0 Å². The van der Waals surface area contributed by atoms with E-state index >= 15 is 0 Å². The van der Waals surface area contributed by atoms with E-state index in [1.165, 1.54) is 7.11 Å². The van der Waals surface area contributed by atoms with Crippen molar-refractivity contribution in [3.63, 3.8) is 0 Å². The molecule has 0 spiro atoms. The van der Waals surface area contributed by atoms with Gasteiger partial charge < -0.3 is 20.3 Å². The van der Waals surface area contributed by atoms with Crippen molar-refractivity contribution in [3.05, 3.63) is 29.8 Å². The maximum atomic E-state index is 11.7. The molecule has 1 aromatic carbocycles. The standard InChI is InChI=1S/C13H17NO5/c1-19-10-4-2-3-9(7-10)8-12(16)14-11(5-6-15)13(17)18/h2-4,7,11,15H,5-6,8H2,1H3,(H,14,16)(H,17,18). The Morgan fingerprint density at radius 2 is 2.16 bits per heavy atom. The first-order valence-electron chi connectivity index (χ1n) is 5.82. The second-order valence-electron chi connectivity index (χ2n) is 4.00. The van der Waals surface area contributed by atoms with Gasteiger partial charge >= 0.3 is 5.97 Å². The summed E-state index contributed by atoms with van der Waals surface area (Å²) in [7, 11) is 1.53. The van der Waals surface area contributed by atoms with Gasteiger partial charge in [-0.2, -0.15) is 0 Å². The quantitative estimate of drug-likeness (QED) is 0.655. The Labute approximate surface area is 111 Å². The average Bonchev–Trinajstić information content (AvgIpc) is 2.38. The van der Waals surface area contributed by atoms with Gasteiger partial charge in [0.2, 0.25) is 5.91 Å². The number of carbonyl (C=O) groups excluding carboxylic acids is 1. The van der Waals surface area contributed by atoms with Crippen molar-refractivity contribution in [1.82, 2.24) is 5.32 Å². The Morgan fingerprint density at radius 3 is 2.74 bits per heavy atom. The highest BCUT2D eigenvalue weighted by Gasteiger charge is 2.19. The summed E-state index contributed by atoms with van der Waals surface area (Å²) in [5.41, 5.74) is 0.727. The molecule has 0 fully saturated rings. The molecule has 0 aliphatic heterocycles. The average molecular weight is 267 g/mol. The van der Waals surface area contributed by atoms with E-state index < -0.39 is 17.9 Å². The predicted molar refractivity (Wildman–Crippen MR) is 68.0 cm³/mol. The van der Waals surface area contributed by atoms with Crippen molar-refractivity contribution in [2.24, 2.45) is 0 Å². The highest BCUT2D eigenvalue weighted by atomic mass is 16.5. The van der Waals surface area contributed by atoms with Gasteiger partial charge in [-0.1, -0.05) is 12.1 Å². The van der Waals surface area contributed by atoms with Crippen molar-refractivity contribution in [2.75, 3.05) is 13.7 Å². The van der Waals surface area contributed by atoms with Crippen molar-refractivity contribution < 1.29 is 24.5 Å². The number of hydrogen-bond acceptors (Lipinski definition) is 4. The topological polar surface area (TPSA) is 95.9 Å². The molecule has 19 heavy (non-hydrogen) atoms. The van der Waals surface area contributed by atoms with E-state index in [4.69, 9.17) is 14.9 Å². The van der Waals surface area contributed by atoms with E-state index in [1.54, 1.807) is 24.3 Å². The summed E-state index contributed by atoms with van der Waals surface area (Å²) in [6, 6.07) is 5.91. The minimum atomic E-state index is -1.16. The van der Waals surface area contributed by atoms with Gasteiger partial charge in [0.05, 0.1) is 13.5 Å². The first-order valence-corrected chi connectivity index (χ1v) is 5.82. The molecule has 1 amide bonds. The fourth-order valence-corrected chi connectivity index (χ4v) is 1.60. The molecular weight excluding hydrogens is 250 g/mol. The zero-order valence-corrected chi connectivity index (χ0v) is 10.6. The summed E-state index contributed by atoms with van der Waals surface area (Å²) in [5, 5.41) is 19.9. The fourth-order valence-electron chi connectivity index (χ4n) is 1.60. The monoisotopic (exact) mass is 267 g/mol. The molecule has 6 nitrogen and oxygen atoms in total. The van der Waals surface area contributed by atoms with Crippen molar-refractivity contribution in [3.8, 4) is 5.75 Å². The second kappa shape index (κ2) is 7.38. The molecule has 1 atom stereocenters. The Morgan fingerprint density at radius 1 is 1.42 bits per heavy atom. The van der Waals surface area contributed by atoms with Gasteiger partial charge in [0.15, 0.2) is 0 Å². The Bertz CT molecular complexity index is 446. The lowest BCUT2D eigenvalue weighted by atomic mass is 10.1. The molecule has 0 aliphatic carbocycles. The van der Waals surface area contributed by atoms with Gasteiger partial charge in [-0.3, -0.25) is 4.79 Å². The molecule has 1 unspecified atom stereocenters. The van der Waals surface area contributed by atoms with Gasteiger partial charge in [-0.25, -0.2) is 4.79 Å². The molecular formula is C13H17NO5. The van der Waals surface area contributed by atoms with Crippen LogP contribution in [0.5, 0.6) is 5.75 Å². The smallest absolute Gasteiger partial charge is 0.326 e. The number of aliphatic hydroxyl groups excluding tert-OH is 1. The number of aliphatic carboxylic acids is 1. The number of carbonyl (C=O) groups is 2. The molecule has 0 heterocycles. The van der Waals surface area contributed by atoms with E-state index in [2.05, 4.69) is 5.32 Å². The van der Waals surface area contributed by atoms with Crippen molar-refractivity contribution >= 4 is 11.9 Å². The van der Waals surface area contributed by atoms with E-state index in [9.17, 15) is 9.59 Å². The second-order valence-corrected chi connectivity index (χ2v) is 4.00. The van der Waals surface area contributed by atoms with Gasteiger partial charge in [-0.05, 0) is 17.7 Å². The summed E-state index contributed by atoms with van der Waals surface area (Å²) in [4.78, 5) is 22.5. The number of benzene rings is 1. The molecule has 0 aromatic heterocycles. The number of methoxy groups -OCH3 is 1. The van der Waals surface area contributed by atoms with E-state index in [0.29, 0.717) is 5.75 Å². The summed E-state index contributed by atoms with van der Waals surface area (Å²) in [5.74, 6) is -0.933. The molecule has 0 saturated heterocycles. The van der Waals surface area contributed by atoms with Gasteiger partial charge in [0.1, 0.15) is 11.8 Å². The highest BCUT2D eigenvalue weighted by Crippen LogP contribution is 2.12. The zero-order chi connectivity index (χ0) is 14.3. The molecule has 1 rings (SSSR count). The summed E-state index contributed by atoms with van der Waals surface area (Å²) < 4.78 is 5.04. The van der Waals surface area contributed by atoms with Crippen LogP contribution in [0, 0.1) is 0 Å². The van der Waals surface area contributed by atoms with Crippen molar-refractivity contribution in [2.45, 2.75) is 18.9 Å². The molecule has 6 heteroatoms. The number of hydrogen-bond donors (Lipinski definition) is 3. The molecule has 0 saturated carbocycles. The lowest BCUT2D eigenvalue weighted by molar-refractivity contribution is -0.142. The van der Waals surface area contributed by atoms with Gasteiger partial charge in [-0.15, -0.1) is 0 Å². The molecule has 0 aliphatic rings. The van der Waals surface area contributed by atoms with Crippen LogP contribution in [0.15, 0.2) is 24.3 Å². The first-order chi connectivity index (χ1) is 9.06. The van der Waals surface area contributed by atoms with Gasteiger partial charge in [0, 0.05) is 13.0 Å². The van der Waals surface area contributed by atoms with E-state index in [0.717, 1.165) is 5.56 Å². The summed E-state index contributed by atoms with van der Waals surface area (Å²) in [6.45, 7) is -0.295. The normalized spacial score (nSPS) is 11.7. The third-order valence-corrected chi connectivity index (χ3v) is 2.55. The van der Waals surface area contributed by atoms with Crippen LogP contribution >= 0.6 is 0 Å². The predicted octanol–water partition coefficient (Wildman–Crippen LogP) is 0.189. The minimum Gasteiger partial charge on any atom is -0.497 e. The van der Waals surface area contributed by atoms with Crippen molar-refractivity contribution in [1.29, 1.82) is 0 Å². The van der Waals surface area contributed by atoms with E-state index in [1.807, 2.05) is 0 Å². The summed E-state index contributed by atoms with van der Waals surface area (Å²) >= 11 is 0. The number of amides is 1. The van der Waals surface area contributed by atoms with Crippen LogP contribution in [0.2, 0.25) is 0 Å². The zero-order valence-electron chi connectivity index (χ0n) is 10.6. The van der Waals surface area contributed by atoms with Gasteiger partial charge in [0.25, 0.3) is 0 Å². The fraction of sp³-hybridized carbons (Fsp3) is 0.385. The highest BCUT2D eigenvalue weighted by molar-refractivity contribution is 5.84. The molecule has 3 N–H and O–H groups in total. The minimum absolute atomic E-state index is 0.0147. The number of carboxylic acid groups (broad SMARTS) is 1. The number of carboxylic acids is 1. The maximum Gasteiger partial charge on any atom is 0.326 e. The number of rotatable bonds is 7. The molecule has 104 valence electrons. The van der Waals surface area contributed by atoms with Crippen LogP contribution in [0.4, 0.5) is 0 Å². The Hall–Kier alpha value is -2.08.